The van der Waals surface area contributed by atoms with Crippen LogP contribution in [0, 0.1) is 6.92 Å². The van der Waals surface area contributed by atoms with Gasteiger partial charge in [0.25, 0.3) is 5.91 Å². The zero-order valence-electron chi connectivity index (χ0n) is 13.5. The first-order valence-corrected chi connectivity index (χ1v) is 8.25. The van der Waals surface area contributed by atoms with Gasteiger partial charge in [-0.1, -0.05) is 30.3 Å². The molecule has 1 aromatic carbocycles. The van der Waals surface area contributed by atoms with Crippen molar-refractivity contribution in [1.29, 1.82) is 0 Å². The van der Waals surface area contributed by atoms with Crippen LogP contribution < -0.4 is 5.73 Å². The first kappa shape index (κ1) is 15.7. The third-order valence-corrected chi connectivity index (χ3v) is 4.55. The van der Waals surface area contributed by atoms with Crippen LogP contribution >= 0.6 is 0 Å². The van der Waals surface area contributed by atoms with Gasteiger partial charge in [0.2, 0.25) is 0 Å². The summed E-state index contributed by atoms with van der Waals surface area (Å²) in [7, 11) is 0. The smallest absolute Gasteiger partial charge is 0.255 e. The number of piperidine rings is 1. The molecular formula is C19H23N3O. The summed E-state index contributed by atoms with van der Waals surface area (Å²) in [5.74, 6) is 0.0600. The second-order valence-corrected chi connectivity index (χ2v) is 6.08. The molecule has 4 heteroatoms. The number of pyridine rings is 1. The van der Waals surface area contributed by atoms with E-state index in [2.05, 4.69) is 4.98 Å². The maximum Gasteiger partial charge on any atom is 0.255 e. The maximum atomic E-state index is 12.9. The Balaban J connectivity index is 1.87. The average molecular weight is 309 g/mol. The number of carbonyl (C=O) groups excluding carboxylic acids is 1. The highest BCUT2D eigenvalue weighted by Gasteiger charge is 2.27. The van der Waals surface area contributed by atoms with Gasteiger partial charge in [-0.15, -0.1) is 0 Å². The van der Waals surface area contributed by atoms with Crippen molar-refractivity contribution in [3.8, 4) is 11.3 Å². The zero-order chi connectivity index (χ0) is 16.2. The monoisotopic (exact) mass is 309 g/mol. The minimum Gasteiger partial charge on any atom is -0.334 e. The Morgan fingerprint density at radius 1 is 1.22 bits per heavy atom. The molecule has 0 radical (unpaired) electrons. The van der Waals surface area contributed by atoms with Crippen LogP contribution in [0.5, 0.6) is 0 Å². The second-order valence-electron chi connectivity index (χ2n) is 6.08. The lowest BCUT2D eigenvalue weighted by molar-refractivity contribution is 0.0622. The molecule has 1 aromatic heterocycles. The third-order valence-electron chi connectivity index (χ3n) is 4.55. The molecular weight excluding hydrogens is 286 g/mol. The van der Waals surface area contributed by atoms with Gasteiger partial charge in [0.05, 0.1) is 17.0 Å². The standard InChI is InChI=1S/C19H23N3O/c1-14-17(19(23)22-12-6-5-9-16(22)13-20)10-11-18(21-14)15-7-3-2-4-8-15/h2-4,7-8,10-11,16H,5-6,9,12-13,20H2,1H3. The topological polar surface area (TPSA) is 59.2 Å². The van der Waals surface area contributed by atoms with E-state index in [0.29, 0.717) is 12.1 Å². The fraction of sp³-hybridized carbons (Fsp3) is 0.368. The number of hydrogen-bond acceptors (Lipinski definition) is 3. The summed E-state index contributed by atoms with van der Waals surface area (Å²) < 4.78 is 0. The molecule has 2 aromatic rings. The predicted molar refractivity (Wildman–Crippen MR) is 92.1 cm³/mol. The molecule has 0 aliphatic carbocycles. The van der Waals surface area contributed by atoms with E-state index in [0.717, 1.165) is 42.8 Å². The lowest BCUT2D eigenvalue weighted by Gasteiger charge is -2.35. The highest BCUT2D eigenvalue weighted by molar-refractivity contribution is 5.95. The molecule has 1 aliphatic rings. The maximum absolute atomic E-state index is 12.9. The molecule has 23 heavy (non-hydrogen) atoms. The van der Waals surface area contributed by atoms with Gasteiger partial charge in [0.1, 0.15) is 0 Å². The molecule has 1 saturated heterocycles. The highest BCUT2D eigenvalue weighted by Crippen LogP contribution is 2.22. The van der Waals surface area contributed by atoms with Gasteiger partial charge in [-0.05, 0) is 38.3 Å². The van der Waals surface area contributed by atoms with E-state index in [1.165, 1.54) is 0 Å². The number of aromatic nitrogens is 1. The molecule has 1 amide bonds. The molecule has 4 nitrogen and oxygen atoms in total. The van der Waals surface area contributed by atoms with E-state index in [-0.39, 0.29) is 11.9 Å². The largest absolute Gasteiger partial charge is 0.334 e. The van der Waals surface area contributed by atoms with Gasteiger partial charge in [0, 0.05) is 24.7 Å². The van der Waals surface area contributed by atoms with E-state index in [1.807, 2.05) is 54.3 Å². The Morgan fingerprint density at radius 3 is 2.70 bits per heavy atom. The van der Waals surface area contributed by atoms with Gasteiger partial charge < -0.3 is 10.6 Å². The number of nitrogens with zero attached hydrogens (tertiary/aromatic N) is 2. The third kappa shape index (κ3) is 3.27. The second kappa shape index (κ2) is 6.92. The van der Waals surface area contributed by atoms with Crippen molar-refractivity contribution in [1.82, 2.24) is 9.88 Å². The Labute approximate surface area is 137 Å². The van der Waals surface area contributed by atoms with Crippen molar-refractivity contribution >= 4 is 5.91 Å². The van der Waals surface area contributed by atoms with Crippen molar-refractivity contribution in [3.63, 3.8) is 0 Å². The number of aryl methyl sites for hydroxylation is 1. The molecule has 1 fully saturated rings. The van der Waals surface area contributed by atoms with Crippen molar-refractivity contribution in [2.24, 2.45) is 5.73 Å². The van der Waals surface area contributed by atoms with Gasteiger partial charge >= 0.3 is 0 Å². The van der Waals surface area contributed by atoms with Crippen LogP contribution in [0.4, 0.5) is 0 Å². The summed E-state index contributed by atoms with van der Waals surface area (Å²) in [6, 6.07) is 14.0. The number of nitrogens with two attached hydrogens (primary N) is 1. The van der Waals surface area contributed by atoms with Crippen LogP contribution in [-0.4, -0.2) is 34.9 Å². The van der Waals surface area contributed by atoms with Crippen LogP contribution in [-0.2, 0) is 0 Å². The summed E-state index contributed by atoms with van der Waals surface area (Å²) in [5.41, 5.74) is 9.26. The fourth-order valence-corrected chi connectivity index (χ4v) is 3.22. The summed E-state index contributed by atoms with van der Waals surface area (Å²) >= 11 is 0. The number of likely N-dealkylation sites (tertiary alicyclic amines) is 1. The Morgan fingerprint density at radius 2 is 2.00 bits per heavy atom. The van der Waals surface area contributed by atoms with Crippen molar-refractivity contribution < 1.29 is 4.79 Å². The van der Waals surface area contributed by atoms with Crippen LogP contribution in [0.1, 0.15) is 35.3 Å². The number of carbonyl (C=O) groups is 1. The van der Waals surface area contributed by atoms with Crippen LogP contribution in [0.15, 0.2) is 42.5 Å². The molecule has 3 rings (SSSR count). The first-order valence-electron chi connectivity index (χ1n) is 8.25. The van der Waals surface area contributed by atoms with Crippen molar-refractivity contribution in [3.05, 3.63) is 53.7 Å². The normalized spacial score (nSPS) is 18.0. The molecule has 120 valence electrons. The van der Waals surface area contributed by atoms with Crippen LogP contribution in [0.25, 0.3) is 11.3 Å². The van der Waals surface area contributed by atoms with Gasteiger partial charge in [-0.3, -0.25) is 9.78 Å². The van der Waals surface area contributed by atoms with E-state index in [9.17, 15) is 4.79 Å². The quantitative estimate of drug-likeness (QED) is 0.948. The summed E-state index contributed by atoms with van der Waals surface area (Å²) in [4.78, 5) is 19.4. The summed E-state index contributed by atoms with van der Waals surface area (Å²) in [5, 5.41) is 0. The molecule has 0 bridgehead atoms. The lowest BCUT2D eigenvalue weighted by Crippen LogP contribution is -2.47. The number of hydrogen-bond donors (Lipinski definition) is 1. The van der Waals surface area contributed by atoms with Crippen molar-refractivity contribution in [2.45, 2.75) is 32.2 Å². The highest BCUT2D eigenvalue weighted by atomic mass is 16.2. The molecule has 2 heterocycles. The minimum absolute atomic E-state index is 0.0600. The molecule has 0 spiro atoms. The molecule has 0 saturated carbocycles. The van der Waals surface area contributed by atoms with E-state index >= 15 is 0 Å². The van der Waals surface area contributed by atoms with Gasteiger partial charge in [-0.25, -0.2) is 0 Å². The van der Waals surface area contributed by atoms with Crippen molar-refractivity contribution in [2.75, 3.05) is 13.1 Å². The molecule has 1 aliphatic heterocycles. The zero-order valence-corrected chi connectivity index (χ0v) is 13.5. The van der Waals surface area contributed by atoms with Crippen LogP contribution in [0.3, 0.4) is 0 Å². The summed E-state index contributed by atoms with van der Waals surface area (Å²) in [6.45, 7) is 3.22. The van der Waals surface area contributed by atoms with Crippen LogP contribution in [0.2, 0.25) is 0 Å². The fourth-order valence-electron chi connectivity index (χ4n) is 3.22. The lowest BCUT2D eigenvalue weighted by atomic mass is 10.00. The predicted octanol–water partition coefficient (Wildman–Crippen LogP) is 3.01. The van der Waals surface area contributed by atoms with Gasteiger partial charge in [-0.2, -0.15) is 0 Å². The summed E-state index contributed by atoms with van der Waals surface area (Å²) in [6.07, 6.45) is 3.20. The first-order chi connectivity index (χ1) is 11.2. The minimum atomic E-state index is 0.0600. The Hall–Kier alpha value is -2.20. The van der Waals surface area contributed by atoms with E-state index in [4.69, 9.17) is 5.73 Å². The van der Waals surface area contributed by atoms with E-state index < -0.39 is 0 Å². The number of benzene rings is 1. The SMILES string of the molecule is Cc1nc(-c2ccccc2)ccc1C(=O)N1CCCCC1CN. The molecule has 1 atom stereocenters. The van der Waals surface area contributed by atoms with Gasteiger partial charge in [0.15, 0.2) is 0 Å². The number of amides is 1. The number of rotatable bonds is 3. The molecule has 2 N–H and O–H groups in total. The Kier molecular flexibility index (Phi) is 4.72. The van der Waals surface area contributed by atoms with E-state index in [1.54, 1.807) is 0 Å². The molecule has 1 unspecified atom stereocenters. The Bertz CT molecular complexity index is 684. The average Bonchev–Trinajstić information content (AvgIpc) is 2.61.